The van der Waals surface area contributed by atoms with Crippen LogP contribution >= 0.6 is 0 Å². The largest absolute Gasteiger partial charge is 0.356 e. The number of nitrogens with two attached hydrogens (primary N) is 1. The fourth-order valence-corrected chi connectivity index (χ4v) is 1.77. The van der Waals surface area contributed by atoms with Gasteiger partial charge in [0.1, 0.15) is 5.69 Å². The normalized spacial score (nSPS) is 10.3. The van der Waals surface area contributed by atoms with Crippen molar-refractivity contribution >= 4 is 12.2 Å². The Morgan fingerprint density at radius 1 is 1.40 bits per heavy atom. The predicted octanol–water partition coefficient (Wildman–Crippen LogP) is 1.18. The van der Waals surface area contributed by atoms with Gasteiger partial charge < -0.3 is 15.2 Å². The summed E-state index contributed by atoms with van der Waals surface area (Å²) >= 11 is 0. The van der Waals surface area contributed by atoms with Gasteiger partial charge in [0.15, 0.2) is 12.0 Å². The number of hydrogen-bond donors (Lipinski definition) is 1. The second-order valence-corrected chi connectivity index (χ2v) is 4.33. The van der Waals surface area contributed by atoms with Gasteiger partial charge in [-0.25, -0.2) is 0 Å². The summed E-state index contributed by atoms with van der Waals surface area (Å²) in [6.45, 7) is 0.929. The Bertz CT molecular complexity index is 604. The minimum Gasteiger partial charge on any atom is -0.356 e. The van der Waals surface area contributed by atoms with Gasteiger partial charge in [-0.15, -0.1) is 0 Å². The second kappa shape index (κ2) is 6.12. The maximum absolute atomic E-state index is 12.0. The fourth-order valence-electron chi connectivity index (χ4n) is 1.77. The smallest absolute Gasteiger partial charge is 0.253 e. The molecule has 0 unspecified atom stereocenters. The van der Waals surface area contributed by atoms with Crippen LogP contribution in [-0.4, -0.2) is 42.4 Å². The Balaban J connectivity index is 2.17. The molecule has 2 N–H and O–H groups in total. The maximum Gasteiger partial charge on any atom is 0.253 e. The molecule has 0 spiro atoms. The number of likely N-dealkylation sites (N-methyl/N-ethyl adjacent to an activating group) is 1. The zero-order chi connectivity index (χ0) is 14.5. The molecular weight excluding hydrogens is 258 g/mol. The van der Waals surface area contributed by atoms with Crippen molar-refractivity contribution in [1.29, 1.82) is 0 Å². The number of amides is 1. The highest BCUT2D eigenvalue weighted by atomic mass is 16.5. The zero-order valence-corrected chi connectivity index (χ0v) is 11.1. The summed E-state index contributed by atoms with van der Waals surface area (Å²) in [6, 6.07) is 8.45. The number of hydrogen-bond acceptors (Lipinski definition) is 5. The van der Waals surface area contributed by atoms with Crippen molar-refractivity contribution in [3.05, 3.63) is 41.6 Å². The van der Waals surface area contributed by atoms with E-state index < -0.39 is 0 Å². The molecule has 0 aliphatic carbocycles. The van der Waals surface area contributed by atoms with Crippen LogP contribution in [0.15, 0.2) is 34.9 Å². The molecule has 1 amide bonds. The van der Waals surface area contributed by atoms with E-state index >= 15 is 0 Å². The summed E-state index contributed by atoms with van der Waals surface area (Å²) in [6.07, 6.45) is 0.618. The van der Waals surface area contributed by atoms with Crippen LogP contribution in [0.2, 0.25) is 0 Å². The van der Waals surface area contributed by atoms with Gasteiger partial charge in [-0.3, -0.25) is 9.59 Å². The number of aldehydes is 1. The van der Waals surface area contributed by atoms with Crippen LogP contribution in [-0.2, 0) is 0 Å². The van der Waals surface area contributed by atoms with E-state index in [2.05, 4.69) is 5.16 Å². The summed E-state index contributed by atoms with van der Waals surface area (Å²) in [7, 11) is 1.70. The van der Waals surface area contributed by atoms with Gasteiger partial charge in [0, 0.05) is 37.3 Å². The molecule has 0 aliphatic rings. The molecule has 0 saturated carbocycles. The molecule has 104 valence electrons. The van der Waals surface area contributed by atoms with Crippen molar-refractivity contribution in [2.24, 2.45) is 5.73 Å². The van der Waals surface area contributed by atoms with Crippen LogP contribution in [0.5, 0.6) is 0 Å². The van der Waals surface area contributed by atoms with Crippen molar-refractivity contribution in [2.45, 2.75) is 0 Å². The molecule has 2 rings (SSSR count). The molecule has 1 aromatic carbocycles. The molecule has 0 fully saturated rings. The van der Waals surface area contributed by atoms with E-state index in [1.54, 1.807) is 42.3 Å². The summed E-state index contributed by atoms with van der Waals surface area (Å²) in [5, 5.41) is 3.59. The van der Waals surface area contributed by atoms with Crippen LogP contribution < -0.4 is 5.73 Å². The first-order valence-corrected chi connectivity index (χ1v) is 6.13. The van der Waals surface area contributed by atoms with E-state index in [4.69, 9.17) is 10.3 Å². The number of nitrogens with zero attached hydrogens (tertiary/aromatic N) is 2. The first kappa shape index (κ1) is 14.0. The highest BCUT2D eigenvalue weighted by Crippen LogP contribution is 2.20. The van der Waals surface area contributed by atoms with Gasteiger partial charge in [0.05, 0.1) is 0 Å². The lowest BCUT2D eigenvalue weighted by molar-refractivity contribution is 0.0799. The summed E-state index contributed by atoms with van der Waals surface area (Å²) in [5.74, 6) is 0.398. The lowest BCUT2D eigenvalue weighted by Gasteiger charge is -2.15. The molecule has 1 aromatic heterocycles. The highest BCUT2D eigenvalue weighted by Gasteiger charge is 2.12. The molecule has 0 aliphatic heterocycles. The van der Waals surface area contributed by atoms with Gasteiger partial charge in [0.25, 0.3) is 5.91 Å². The van der Waals surface area contributed by atoms with Crippen LogP contribution in [0.3, 0.4) is 0 Å². The lowest BCUT2D eigenvalue weighted by Crippen LogP contribution is -2.31. The van der Waals surface area contributed by atoms with Crippen molar-refractivity contribution in [2.75, 3.05) is 20.1 Å². The van der Waals surface area contributed by atoms with E-state index in [1.807, 2.05) is 0 Å². The highest BCUT2D eigenvalue weighted by molar-refractivity contribution is 5.94. The van der Waals surface area contributed by atoms with Gasteiger partial charge >= 0.3 is 0 Å². The average molecular weight is 273 g/mol. The number of aromatic nitrogens is 1. The number of rotatable bonds is 5. The Labute approximate surface area is 116 Å². The molecule has 20 heavy (non-hydrogen) atoms. The number of carbonyl (C=O) groups excluding carboxylic acids is 2. The van der Waals surface area contributed by atoms with Gasteiger partial charge in [-0.2, -0.15) is 0 Å². The SMILES string of the molecule is CN(CCN)C(=O)c1ccc(-c2cc(C=O)no2)cc1. The predicted molar refractivity (Wildman–Crippen MR) is 73.3 cm³/mol. The van der Waals surface area contributed by atoms with Crippen LogP contribution in [0.1, 0.15) is 20.8 Å². The topological polar surface area (TPSA) is 89.4 Å². The van der Waals surface area contributed by atoms with E-state index in [1.165, 1.54) is 0 Å². The van der Waals surface area contributed by atoms with Gasteiger partial charge in [0.2, 0.25) is 0 Å². The number of benzene rings is 1. The quantitative estimate of drug-likeness (QED) is 0.826. The minimum absolute atomic E-state index is 0.0897. The van der Waals surface area contributed by atoms with E-state index in [9.17, 15) is 9.59 Å². The van der Waals surface area contributed by atoms with E-state index in [0.29, 0.717) is 30.7 Å². The molecule has 1 heterocycles. The Morgan fingerprint density at radius 2 is 2.10 bits per heavy atom. The molecule has 0 atom stereocenters. The number of carbonyl (C=O) groups is 2. The van der Waals surface area contributed by atoms with Crippen molar-refractivity contribution < 1.29 is 14.1 Å². The lowest BCUT2D eigenvalue weighted by atomic mass is 10.1. The fraction of sp³-hybridized carbons (Fsp3) is 0.214. The van der Waals surface area contributed by atoms with E-state index in [0.717, 1.165) is 5.56 Å². The third-order valence-corrected chi connectivity index (χ3v) is 2.88. The first-order chi connectivity index (χ1) is 9.65. The third kappa shape index (κ3) is 2.92. The molecule has 0 saturated heterocycles. The third-order valence-electron chi connectivity index (χ3n) is 2.88. The Kier molecular flexibility index (Phi) is 4.27. The summed E-state index contributed by atoms with van der Waals surface area (Å²) in [4.78, 5) is 24.1. The van der Waals surface area contributed by atoms with Crippen LogP contribution in [0, 0.1) is 0 Å². The van der Waals surface area contributed by atoms with Crippen LogP contribution in [0.4, 0.5) is 0 Å². The molecule has 2 aromatic rings. The standard InChI is InChI=1S/C14H15N3O3/c1-17(7-6-15)14(19)11-4-2-10(3-5-11)13-8-12(9-18)16-20-13/h2-5,8-9H,6-7,15H2,1H3. The molecule has 0 radical (unpaired) electrons. The van der Waals surface area contributed by atoms with Crippen molar-refractivity contribution in [3.8, 4) is 11.3 Å². The molecular formula is C14H15N3O3. The second-order valence-electron chi connectivity index (χ2n) is 4.33. The summed E-state index contributed by atoms with van der Waals surface area (Å²) in [5.41, 5.74) is 6.98. The van der Waals surface area contributed by atoms with Crippen molar-refractivity contribution in [3.63, 3.8) is 0 Å². The molecule has 6 heteroatoms. The summed E-state index contributed by atoms with van der Waals surface area (Å²) < 4.78 is 5.03. The monoisotopic (exact) mass is 273 g/mol. The van der Waals surface area contributed by atoms with Gasteiger partial charge in [-0.1, -0.05) is 17.3 Å². The first-order valence-electron chi connectivity index (χ1n) is 6.13. The van der Waals surface area contributed by atoms with E-state index in [-0.39, 0.29) is 11.6 Å². The molecule has 6 nitrogen and oxygen atoms in total. The maximum atomic E-state index is 12.0. The average Bonchev–Trinajstić information content (AvgIpc) is 2.96. The zero-order valence-electron chi connectivity index (χ0n) is 11.1. The van der Waals surface area contributed by atoms with Crippen molar-refractivity contribution in [1.82, 2.24) is 10.1 Å². The Hall–Kier alpha value is -2.47. The van der Waals surface area contributed by atoms with Gasteiger partial charge in [-0.05, 0) is 12.1 Å². The van der Waals surface area contributed by atoms with Crippen LogP contribution in [0.25, 0.3) is 11.3 Å². The molecule has 0 bridgehead atoms. The Morgan fingerprint density at radius 3 is 2.65 bits per heavy atom. The minimum atomic E-state index is -0.0897.